The number of fused-ring (bicyclic) bond motifs is 1. The van der Waals surface area contributed by atoms with Gasteiger partial charge in [0, 0.05) is 12.1 Å². The van der Waals surface area contributed by atoms with E-state index in [9.17, 15) is 40.5 Å². The second-order valence-electron chi connectivity index (χ2n) is 7.30. The molecule has 2 aromatic rings. The molecule has 1 saturated heterocycles. The zero-order valence-electron chi connectivity index (χ0n) is 15.8. The molecule has 0 unspecified atom stereocenters. The molecule has 1 fully saturated rings. The van der Waals surface area contributed by atoms with Gasteiger partial charge in [0.05, 0.1) is 6.61 Å². The Labute approximate surface area is 174 Å². The van der Waals surface area contributed by atoms with Crippen molar-refractivity contribution in [2.24, 2.45) is 0 Å². The molecule has 2 heterocycles. The third kappa shape index (κ3) is 3.73. The molecule has 4 rings (SSSR count). The largest absolute Gasteiger partial charge is 0.508 e. The lowest BCUT2D eigenvalue weighted by atomic mass is 9.92. The van der Waals surface area contributed by atoms with Crippen LogP contribution in [0, 0.1) is 0 Å². The van der Waals surface area contributed by atoms with E-state index < -0.39 is 59.8 Å². The molecule has 2 aliphatic rings. The van der Waals surface area contributed by atoms with Crippen molar-refractivity contribution in [2.75, 3.05) is 6.61 Å². The van der Waals surface area contributed by atoms with Crippen molar-refractivity contribution in [2.45, 2.75) is 36.8 Å². The minimum atomic E-state index is -1.69. The smallest absolute Gasteiger partial charge is 0.203 e. The number of carbonyl (C=O) groups is 1. The highest BCUT2D eigenvalue weighted by atomic mass is 16.7. The highest BCUT2D eigenvalue weighted by Crippen LogP contribution is 2.44. The second kappa shape index (κ2) is 7.87. The van der Waals surface area contributed by atoms with Crippen molar-refractivity contribution >= 4 is 5.78 Å². The van der Waals surface area contributed by atoms with Gasteiger partial charge in [0.15, 0.2) is 30.0 Å². The molecule has 31 heavy (non-hydrogen) atoms. The number of Topliss-reactive ketones (excluding diaryl/α,β-unsaturated/α-hetero) is 1. The molecule has 2 aliphatic heterocycles. The number of benzene rings is 2. The van der Waals surface area contributed by atoms with Crippen LogP contribution in [-0.2, 0) is 9.47 Å². The molecule has 2 aromatic carbocycles. The molecule has 0 radical (unpaired) electrons. The van der Waals surface area contributed by atoms with Gasteiger partial charge in [0.25, 0.3) is 0 Å². The van der Waals surface area contributed by atoms with Gasteiger partial charge in [-0.05, 0) is 17.7 Å². The van der Waals surface area contributed by atoms with Crippen LogP contribution in [0.5, 0.6) is 28.7 Å². The predicted octanol–water partition coefficient (Wildman–Crippen LogP) is -0.350. The monoisotopic (exact) mass is 436 g/mol. The van der Waals surface area contributed by atoms with Gasteiger partial charge in [-0.1, -0.05) is 6.07 Å². The van der Waals surface area contributed by atoms with Crippen LogP contribution in [0.4, 0.5) is 0 Å². The van der Waals surface area contributed by atoms with Gasteiger partial charge in [-0.3, -0.25) is 4.79 Å². The average molecular weight is 436 g/mol. The van der Waals surface area contributed by atoms with Crippen molar-refractivity contribution in [3.8, 4) is 28.7 Å². The van der Waals surface area contributed by atoms with Gasteiger partial charge in [-0.15, -0.1) is 0 Å². The van der Waals surface area contributed by atoms with Crippen molar-refractivity contribution in [1.82, 2.24) is 0 Å². The minimum absolute atomic E-state index is 0.152. The summed E-state index contributed by atoms with van der Waals surface area (Å²) in [6.07, 6.45) is -8.95. The third-order valence-electron chi connectivity index (χ3n) is 5.16. The standard InChI is InChI=1S/C20H20O11/c21-8-4-11(24)14-13(5-8)30-18(7-1-2-9(22)10(23)3-7)19(16(14)27)31-20-17(28)15(26)12(25)6-29-20/h1-5,12,15,17-26,28H,6H2/t12-,15-,17+,18+,19+,20+/m0/s1. The SMILES string of the molecule is O=C1c2c(O)cc(O)cc2O[C@H](c2ccc(O)c(O)c2)[C@@H]1O[C@H]1OC[C@H](O)[C@H](O)[C@H]1O. The molecule has 0 saturated carbocycles. The summed E-state index contributed by atoms with van der Waals surface area (Å²) in [5.74, 6) is -2.78. The van der Waals surface area contributed by atoms with Crippen LogP contribution in [0.15, 0.2) is 30.3 Å². The summed E-state index contributed by atoms with van der Waals surface area (Å²) in [6.45, 7) is -0.370. The van der Waals surface area contributed by atoms with E-state index in [1.165, 1.54) is 6.07 Å². The first-order valence-corrected chi connectivity index (χ1v) is 9.27. The summed E-state index contributed by atoms with van der Waals surface area (Å²) in [6, 6.07) is 5.71. The van der Waals surface area contributed by atoms with Crippen LogP contribution in [0.2, 0.25) is 0 Å². The summed E-state index contributed by atoms with van der Waals surface area (Å²) in [5.41, 5.74) is -0.0963. The van der Waals surface area contributed by atoms with Gasteiger partial charge in [0.1, 0.15) is 41.1 Å². The third-order valence-corrected chi connectivity index (χ3v) is 5.16. The van der Waals surface area contributed by atoms with E-state index in [4.69, 9.17) is 14.2 Å². The molecule has 6 atom stereocenters. The Kier molecular flexibility index (Phi) is 5.37. The molecule has 0 spiro atoms. The number of rotatable bonds is 3. The van der Waals surface area contributed by atoms with E-state index in [1.54, 1.807) is 0 Å². The van der Waals surface area contributed by atoms with E-state index in [2.05, 4.69) is 0 Å². The Morgan fingerprint density at radius 3 is 2.35 bits per heavy atom. The summed E-state index contributed by atoms with van der Waals surface area (Å²) >= 11 is 0. The number of carbonyl (C=O) groups excluding carboxylic acids is 1. The summed E-state index contributed by atoms with van der Waals surface area (Å²) in [7, 11) is 0. The number of ketones is 1. The van der Waals surface area contributed by atoms with E-state index in [-0.39, 0.29) is 29.2 Å². The first-order chi connectivity index (χ1) is 14.7. The fourth-order valence-electron chi connectivity index (χ4n) is 3.54. The second-order valence-corrected chi connectivity index (χ2v) is 7.30. The maximum atomic E-state index is 13.2. The van der Waals surface area contributed by atoms with Gasteiger partial charge in [-0.2, -0.15) is 0 Å². The number of hydrogen-bond donors (Lipinski definition) is 7. The molecule has 0 amide bonds. The van der Waals surface area contributed by atoms with Crippen molar-refractivity contribution < 1.29 is 54.8 Å². The zero-order valence-corrected chi connectivity index (χ0v) is 15.8. The molecule has 166 valence electrons. The first kappa shape index (κ1) is 21.2. The van der Waals surface area contributed by atoms with Gasteiger partial charge in [-0.25, -0.2) is 0 Å². The Morgan fingerprint density at radius 2 is 1.65 bits per heavy atom. The van der Waals surface area contributed by atoms with Gasteiger partial charge in [0.2, 0.25) is 5.78 Å². The highest BCUT2D eigenvalue weighted by molar-refractivity contribution is 6.05. The molecule has 11 heteroatoms. The number of aliphatic hydroxyl groups is 3. The minimum Gasteiger partial charge on any atom is -0.508 e. The highest BCUT2D eigenvalue weighted by Gasteiger charge is 2.46. The quantitative estimate of drug-likeness (QED) is 0.312. The number of ether oxygens (including phenoxy) is 3. The van der Waals surface area contributed by atoms with Crippen LogP contribution in [0.1, 0.15) is 22.0 Å². The molecular weight excluding hydrogens is 416 g/mol. The van der Waals surface area contributed by atoms with Crippen LogP contribution >= 0.6 is 0 Å². The fraction of sp³-hybridized carbons (Fsp3) is 0.350. The molecule has 7 N–H and O–H groups in total. The lowest BCUT2D eigenvalue weighted by Crippen LogP contribution is -2.56. The predicted molar refractivity (Wildman–Crippen MR) is 99.9 cm³/mol. The average Bonchev–Trinajstić information content (AvgIpc) is 2.71. The molecule has 11 nitrogen and oxygen atoms in total. The Balaban J connectivity index is 1.74. The maximum absolute atomic E-state index is 13.2. The lowest BCUT2D eigenvalue weighted by molar-refractivity contribution is -0.283. The summed E-state index contributed by atoms with van der Waals surface area (Å²) in [4.78, 5) is 13.2. The van der Waals surface area contributed by atoms with Crippen molar-refractivity contribution in [1.29, 1.82) is 0 Å². The number of hydrogen-bond acceptors (Lipinski definition) is 11. The van der Waals surface area contributed by atoms with Crippen LogP contribution in [-0.4, -0.2) is 78.8 Å². The Hall–Kier alpha value is -3.09. The number of aliphatic hydroxyl groups excluding tert-OH is 3. The topological polar surface area (TPSA) is 186 Å². The Bertz CT molecular complexity index is 1010. The normalized spacial score (nSPS) is 30.5. The first-order valence-electron chi connectivity index (χ1n) is 9.27. The van der Waals surface area contributed by atoms with Crippen LogP contribution < -0.4 is 4.74 Å². The summed E-state index contributed by atoms with van der Waals surface area (Å²) in [5, 5.41) is 69.0. The van der Waals surface area contributed by atoms with Gasteiger partial charge >= 0.3 is 0 Å². The van der Waals surface area contributed by atoms with Crippen LogP contribution in [0.25, 0.3) is 0 Å². The molecule has 0 aliphatic carbocycles. The summed E-state index contributed by atoms with van der Waals surface area (Å²) < 4.78 is 16.6. The van der Waals surface area contributed by atoms with E-state index in [0.717, 1.165) is 24.3 Å². The van der Waals surface area contributed by atoms with Gasteiger partial charge < -0.3 is 50.0 Å². The molecular formula is C20H20O11. The number of aromatic hydroxyl groups is 4. The van der Waals surface area contributed by atoms with E-state index in [0.29, 0.717) is 0 Å². The zero-order chi connectivity index (χ0) is 22.4. The fourth-order valence-corrected chi connectivity index (χ4v) is 3.54. The molecule has 0 bridgehead atoms. The molecule has 0 aromatic heterocycles. The van der Waals surface area contributed by atoms with Crippen molar-refractivity contribution in [3.05, 3.63) is 41.5 Å². The number of phenols is 4. The van der Waals surface area contributed by atoms with E-state index in [1.807, 2.05) is 0 Å². The van der Waals surface area contributed by atoms with Crippen molar-refractivity contribution in [3.63, 3.8) is 0 Å². The number of phenolic OH excluding ortho intramolecular Hbond substituents is 4. The maximum Gasteiger partial charge on any atom is 0.203 e. The lowest BCUT2D eigenvalue weighted by Gasteiger charge is -2.39. The van der Waals surface area contributed by atoms with E-state index >= 15 is 0 Å². The Morgan fingerprint density at radius 1 is 0.903 bits per heavy atom. The van der Waals surface area contributed by atoms with Crippen LogP contribution in [0.3, 0.4) is 0 Å².